The minimum Gasteiger partial charge on any atom is -0.481 e. The average Bonchev–Trinajstić information content (AvgIpc) is 2.94. The molecule has 1 aliphatic rings. The lowest BCUT2D eigenvalue weighted by Gasteiger charge is -2.33. The second-order valence-electron chi connectivity index (χ2n) is 9.71. The summed E-state index contributed by atoms with van der Waals surface area (Å²) in [5.74, 6) is 0.894. The number of nitrogens with one attached hydrogen (secondary N) is 2. The highest BCUT2D eigenvalue weighted by Crippen LogP contribution is 2.24. The number of carboxylic acid groups (broad SMARTS) is 1. The zero-order valence-electron chi connectivity index (χ0n) is 22.0. The second kappa shape index (κ2) is 13.4. The van der Waals surface area contributed by atoms with E-state index in [1.165, 1.54) is 4.57 Å². The lowest BCUT2D eigenvalue weighted by molar-refractivity contribution is -0.137. The molecule has 1 aromatic carbocycles. The van der Waals surface area contributed by atoms with Gasteiger partial charge < -0.3 is 25.4 Å². The zero-order valence-corrected chi connectivity index (χ0v) is 22.0. The third-order valence-corrected chi connectivity index (χ3v) is 6.67. The number of piperidine rings is 1. The molecule has 4 rings (SSSR count). The second-order valence-corrected chi connectivity index (χ2v) is 9.71. The third kappa shape index (κ3) is 8.29. The monoisotopic (exact) mass is 534 g/mol. The van der Waals surface area contributed by atoms with E-state index in [4.69, 9.17) is 4.74 Å². The van der Waals surface area contributed by atoms with Gasteiger partial charge in [0.05, 0.1) is 12.5 Å². The van der Waals surface area contributed by atoms with E-state index in [1.807, 2.05) is 55.5 Å². The minimum absolute atomic E-state index is 0.0407. The van der Waals surface area contributed by atoms with E-state index in [-0.39, 0.29) is 19.6 Å². The summed E-state index contributed by atoms with van der Waals surface area (Å²) < 4.78 is 6.56. The quantitative estimate of drug-likeness (QED) is 0.339. The van der Waals surface area contributed by atoms with Crippen molar-refractivity contribution >= 4 is 23.7 Å². The van der Waals surface area contributed by atoms with Crippen LogP contribution in [0.2, 0.25) is 0 Å². The molecule has 11 nitrogen and oxygen atoms in total. The average molecular weight is 535 g/mol. The maximum atomic E-state index is 12.9. The van der Waals surface area contributed by atoms with Gasteiger partial charge in [0.1, 0.15) is 18.2 Å². The fourth-order valence-electron chi connectivity index (χ4n) is 4.65. The molecule has 2 aromatic heterocycles. The highest BCUT2D eigenvalue weighted by Gasteiger charge is 2.23. The van der Waals surface area contributed by atoms with Crippen LogP contribution in [0, 0.1) is 12.8 Å². The molecular weight excluding hydrogens is 500 g/mol. The van der Waals surface area contributed by atoms with Gasteiger partial charge in [0.2, 0.25) is 0 Å². The Balaban J connectivity index is 1.33. The van der Waals surface area contributed by atoms with Gasteiger partial charge in [0.25, 0.3) is 0 Å². The molecule has 3 N–H and O–H groups in total. The Kier molecular flexibility index (Phi) is 9.49. The van der Waals surface area contributed by atoms with Crippen molar-refractivity contribution in [2.24, 2.45) is 5.92 Å². The highest BCUT2D eigenvalue weighted by atomic mass is 16.5. The van der Waals surface area contributed by atoms with Crippen LogP contribution >= 0.6 is 0 Å². The van der Waals surface area contributed by atoms with Crippen LogP contribution in [0.25, 0.3) is 0 Å². The lowest BCUT2D eigenvalue weighted by atomic mass is 9.96. The maximum absolute atomic E-state index is 12.9. The number of anilines is 2. The summed E-state index contributed by atoms with van der Waals surface area (Å²) in [6.07, 6.45) is 4.23. The van der Waals surface area contributed by atoms with Gasteiger partial charge in [0, 0.05) is 44.1 Å². The summed E-state index contributed by atoms with van der Waals surface area (Å²) in [7, 11) is 0. The number of hydrogen-bond acceptors (Lipinski definition) is 8. The van der Waals surface area contributed by atoms with Gasteiger partial charge in [-0.1, -0.05) is 36.4 Å². The minimum atomic E-state index is -1.10. The predicted molar refractivity (Wildman–Crippen MR) is 147 cm³/mol. The Morgan fingerprint density at radius 3 is 2.56 bits per heavy atom. The van der Waals surface area contributed by atoms with Crippen molar-refractivity contribution in [2.75, 3.05) is 29.9 Å². The van der Waals surface area contributed by atoms with Crippen LogP contribution in [0.3, 0.4) is 0 Å². The smallest absolute Gasteiger partial charge is 0.407 e. The number of pyridine rings is 1. The molecule has 0 radical (unpaired) electrons. The van der Waals surface area contributed by atoms with E-state index < -0.39 is 23.8 Å². The van der Waals surface area contributed by atoms with Crippen molar-refractivity contribution in [3.63, 3.8) is 0 Å². The number of carboxylic acids is 1. The van der Waals surface area contributed by atoms with E-state index in [9.17, 15) is 19.5 Å². The Morgan fingerprint density at radius 1 is 1.13 bits per heavy atom. The van der Waals surface area contributed by atoms with Crippen LogP contribution in [0.4, 0.5) is 16.4 Å². The van der Waals surface area contributed by atoms with Crippen LogP contribution in [0.15, 0.2) is 65.7 Å². The SMILES string of the molecule is Cc1cn(C[C@@H](CC(=O)O)NC(=O)OCc2ccccc2)c(=O)nc1N1CCC(CNc2ccccn2)CC1. The van der Waals surface area contributed by atoms with E-state index >= 15 is 0 Å². The van der Waals surface area contributed by atoms with Crippen LogP contribution in [-0.4, -0.2) is 57.4 Å². The molecule has 0 bridgehead atoms. The van der Waals surface area contributed by atoms with Crippen LogP contribution in [0.5, 0.6) is 0 Å². The first kappa shape index (κ1) is 27.6. The maximum Gasteiger partial charge on any atom is 0.407 e. The number of ether oxygens (including phenoxy) is 1. The number of rotatable bonds is 11. The molecule has 0 spiro atoms. The van der Waals surface area contributed by atoms with E-state index in [0.29, 0.717) is 11.7 Å². The zero-order chi connectivity index (χ0) is 27.6. The van der Waals surface area contributed by atoms with Gasteiger partial charge in [-0.05, 0) is 43.4 Å². The molecule has 1 amide bonds. The van der Waals surface area contributed by atoms with E-state index in [2.05, 4.69) is 25.5 Å². The summed E-state index contributed by atoms with van der Waals surface area (Å²) in [5, 5.41) is 15.3. The standard InChI is InChI=1S/C28H34N6O5/c1-20-17-34(18-23(15-25(35)36)31-28(38)39-19-22-7-3-2-4-8-22)27(37)32-26(20)33-13-10-21(11-14-33)16-30-24-9-5-6-12-29-24/h2-9,12,17,21,23H,10-11,13-16,18-19H2,1H3,(H,29,30)(H,31,38)(H,35,36)/t23-/m1/s1. The number of carbonyl (C=O) groups excluding carboxylic acids is 1. The van der Waals surface area contributed by atoms with Gasteiger partial charge in [0.15, 0.2) is 0 Å². The summed E-state index contributed by atoms with van der Waals surface area (Å²) in [6, 6.07) is 14.1. The van der Waals surface area contributed by atoms with Crippen molar-refractivity contribution in [3.05, 3.63) is 82.5 Å². The van der Waals surface area contributed by atoms with Crippen molar-refractivity contribution in [1.29, 1.82) is 0 Å². The van der Waals surface area contributed by atoms with Crippen LogP contribution in [0.1, 0.15) is 30.4 Å². The van der Waals surface area contributed by atoms with E-state index in [0.717, 1.165) is 49.4 Å². The van der Waals surface area contributed by atoms with Crippen molar-refractivity contribution in [2.45, 2.75) is 45.4 Å². The first-order valence-electron chi connectivity index (χ1n) is 13.0. The van der Waals surface area contributed by atoms with Gasteiger partial charge in [-0.25, -0.2) is 14.6 Å². The summed E-state index contributed by atoms with van der Waals surface area (Å²) in [5.41, 5.74) is 1.12. The number of nitrogens with zero attached hydrogens (tertiary/aromatic N) is 4. The summed E-state index contributed by atoms with van der Waals surface area (Å²) in [4.78, 5) is 47.4. The number of carbonyl (C=O) groups is 2. The molecule has 39 heavy (non-hydrogen) atoms. The van der Waals surface area contributed by atoms with Crippen LogP contribution in [-0.2, 0) is 22.7 Å². The predicted octanol–water partition coefficient (Wildman–Crippen LogP) is 3.04. The molecule has 1 atom stereocenters. The number of amides is 1. The molecule has 1 fully saturated rings. The highest BCUT2D eigenvalue weighted by molar-refractivity contribution is 5.71. The molecule has 0 aliphatic carbocycles. The number of aryl methyl sites for hydroxylation is 1. The fourth-order valence-corrected chi connectivity index (χ4v) is 4.65. The molecule has 1 aliphatic heterocycles. The molecule has 1 saturated heterocycles. The first-order chi connectivity index (χ1) is 18.9. The third-order valence-electron chi connectivity index (χ3n) is 6.67. The number of hydrogen-bond donors (Lipinski definition) is 3. The Hall–Kier alpha value is -4.41. The Morgan fingerprint density at radius 2 is 1.87 bits per heavy atom. The van der Waals surface area contributed by atoms with E-state index in [1.54, 1.807) is 12.4 Å². The molecule has 3 heterocycles. The van der Waals surface area contributed by atoms with Gasteiger partial charge in [-0.15, -0.1) is 0 Å². The van der Waals surface area contributed by atoms with Crippen LogP contribution < -0.4 is 21.2 Å². The molecular formula is C28H34N6O5. The van der Waals surface area contributed by atoms with Crippen molar-refractivity contribution in [1.82, 2.24) is 19.9 Å². The molecule has 0 unspecified atom stereocenters. The van der Waals surface area contributed by atoms with Gasteiger partial charge in [-0.3, -0.25) is 9.36 Å². The fraction of sp³-hybridized carbons (Fsp3) is 0.393. The van der Waals surface area contributed by atoms with Gasteiger partial charge >= 0.3 is 17.8 Å². The molecule has 3 aromatic rings. The van der Waals surface area contributed by atoms with Crippen molar-refractivity contribution in [3.8, 4) is 0 Å². The topological polar surface area (TPSA) is 139 Å². The normalized spacial score (nSPS) is 14.4. The van der Waals surface area contributed by atoms with Gasteiger partial charge in [-0.2, -0.15) is 4.98 Å². The Labute approximate surface area is 226 Å². The Bertz CT molecular complexity index is 1290. The number of aliphatic carboxylic acids is 1. The van der Waals surface area contributed by atoms with Crippen molar-refractivity contribution < 1.29 is 19.4 Å². The summed E-state index contributed by atoms with van der Waals surface area (Å²) >= 11 is 0. The largest absolute Gasteiger partial charge is 0.481 e. The number of aromatic nitrogens is 3. The lowest BCUT2D eigenvalue weighted by Crippen LogP contribution is -2.43. The molecule has 206 valence electrons. The number of benzene rings is 1. The number of alkyl carbamates (subject to hydrolysis) is 1. The summed E-state index contributed by atoms with van der Waals surface area (Å²) in [6.45, 7) is 4.29. The first-order valence-corrected chi connectivity index (χ1v) is 13.0. The molecule has 0 saturated carbocycles. The molecule has 11 heteroatoms.